The molecule has 2 aliphatic rings. The van der Waals surface area contributed by atoms with Gasteiger partial charge in [0.1, 0.15) is 0 Å². The maximum Gasteiger partial charge on any atom is 0.222 e. The highest BCUT2D eigenvalue weighted by Crippen LogP contribution is 2.38. The summed E-state index contributed by atoms with van der Waals surface area (Å²) in [7, 11) is 0. The van der Waals surface area contributed by atoms with Crippen molar-refractivity contribution in [1.82, 2.24) is 9.80 Å². The summed E-state index contributed by atoms with van der Waals surface area (Å²) in [5.41, 5.74) is 1.50. The van der Waals surface area contributed by atoms with Crippen LogP contribution in [0.2, 0.25) is 0 Å². The second-order valence-electron chi connectivity index (χ2n) is 7.54. The van der Waals surface area contributed by atoms with Crippen LogP contribution in [0.25, 0.3) is 6.08 Å². The Balaban J connectivity index is 1.56. The molecule has 1 amide bonds. The molecule has 0 aliphatic carbocycles. The predicted octanol–water partition coefficient (Wildman–Crippen LogP) is 2.79. The molecule has 0 bridgehead atoms. The lowest BCUT2D eigenvalue weighted by atomic mass is 9.73. The zero-order valence-electron chi connectivity index (χ0n) is 15.1. The molecular weight excluding hydrogens is 312 g/mol. The molecule has 136 valence electrons. The fraction of sp³-hybridized carbons (Fsp3) is 0.571. The van der Waals surface area contributed by atoms with E-state index in [1.807, 2.05) is 11.0 Å². The van der Waals surface area contributed by atoms with Crippen molar-refractivity contribution in [3.63, 3.8) is 0 Å². The largest absolute Gasteiger partial charge is 0.396 e. The van der Waals surface area contributed by atoms with E-state index < -0.39 is 0 Å². The highest BCUT2D eigenvalue weighted by atomic mass is 16.3. The highest BCUT2D eigenvalue weighted by Gasteiger charge is 2.41. The van der Waals surface area contributed by atoms with Gasteiger partial charge in [-0.15, -0.1) is 0 Å². The average molecular weight is 342 g/mol. The standard InChI is InChI=1S/C21H30N2O2/c24-16-6-15-23-18-21(12-10-20(23)25)11-5-14-22(17-21)13-4-9-19-7-2-1-3-8-19/h1-4,7-9,24H,5-6,10-18H2/b9-4+/t21-/m0/s1. The first kappa shape index (κ1) is 18.2. The van der Waals surface area contributed by atoms with Crippen molar-refractivity contribution >= 4 is 12.0 Å². The van der Waals surface area contributed by atoms with Crippen molar-refractivity contribution in [3.8, 4) is 0 Å². The number of carbonyl (C=O) groups is 1. The number of hydrogen-bond acceptors (Lipinski definition) is 3. The zero-order valence-corrected chi connectivity index (χ0v) is 15.1. The highest BCUT2D eigenvalue weighted by molar-refractivity contribution is 5.77. The molecule has 2 aliphatic heterocycles. The van der Waals surface area contributed by atoms with Gasteiger partial charge in [0.25, 0.3) is 0 Å². The average Bonchev–Trinajstić information content (AvgIpc) is 2.64. The quantitative estimate of drug-likeness (QED) is 0.864. The summed E-state index contributed by atoms with van der Waals surface area (Å²) in [6, 6.07) is 10.4. The first-order valence-electron chi connectivity index (χ1n) is 9.53. The van der Waals surface area contributed by atoms with Crippen LogP contribution in [0, 0.1) is 5.41 Å². The van der Waals surface area contributed by atoms with Crippen molar-refractivity contribution in [2.75, 3.05) is 39.3 Å². The van der Waals surface area contributed by atoms with Crippen molar-refractivity contribution in [3.05, 3.63) is 42.0 Å². The van der Waals surface area contributed by atoms with Gasteiger partial charge in [0.05, 0.1) is 0 Å². The predicted molar refractivity (Wildman–Crippen MR) is 101 cm³/mol. The van der Waals surface area contributed by atoms with Gasteiger partial charge in [-0.1, -0.05) is 42.5 Å². The van der Waals surface area contributed by atoms with Gasteiger partial charge in [0.2, 0.25) is 5.91 Å². The number of hydrogen-bond donors (Lipinski definition) is 1. The minimum absolute atomic E-state index is 0.160. The summed E-state index contributed by atoms with van der Waals surface area (Å²) in [6.45, 7) is 4.92. The molecule has 1 aromatic carbocycles. The third kappa shape index (κ3) is 4.93. The maximum absolute atomic E-state index is 12.2. The minimum Gasteiger partial charge on any atom is -0.396 e. The minimum atomic E-state index is 0.160. The lowest BCUT2D eigenvalue weighted by Crippen LogP contribution is -2.54. The Morgan fingerprint density at radius 3 is 2.80 bits per heavy atom. The summed E-state index contributed by atoms with van der Waals surface area (Å²) in [4.78, 5) is 16.7. The summed E-state index contributed by atoms with van der Waals surface area (Å²) < 4.78 is 0. The van der Waals surface area contributed by atoms with Gasteiger partial charge in [-0.2, -0.15) is 0 Å². The topological polar surface area (TPSA) is 43.8 Å². The van der Waals surface area contributed by atoms with Gasteiger partial charge < -0.3 is 10.0 Å². The second-order valence-corrected chi connectivity index (χ2v) is 7.54. The summed E-state index contributed by atoms with van der Waals surface area (Å²) in [5, 5.41) is 9.06. The van der Waals surface area contributed by atoms with E-state index in [0.717, 1.165) is 32.6 Å². The fourth-order valence-corrected chi connectivity index (χ4v) is 4.27. The number of nitrogens with zero attached hydrogens (tertiary/aromatic N) is 2. The van der Waals surface area contributed by atoms with Crippen LogP contribution in [0.1, 0.15) is 37.7 Å². The molecular formula is C21H30N2O2. The second kappa shape index (κ2) is 8.63. The molecule has 2 heterocycles. The lowest BCUT2D eigenvalue weighted by molar-refractivity contribution is -0.139. The van der Waals surface area contributed by atoms with E-state index >= 15 is 0 Å². The van der Waals surface area contributed by atoms with Crippen molar-refractivity contribution in [2.24, 2.45) is 5.41 Å². The van der Waals surface area contributed by atoms with Crippen LogP contribution in [0.15, 0.2) is 36.4 Å². The molecule has 2 saturated heterocycles. The van der Waals surface area contributed by atoms with Gasteiger partial charge >= 0.3 is 0 Å². The molecule has 1 aromatic rings. The Bertz CT molecular complexity index is 587. The Labute approximate surface area is 151 Å². The molecule has 2 fully saturated rings. The van der Waals surface area contributed by atoms with Gasteiger partial charge in [0, 0.05) is 44.6 Å². The third-order valence-corrected chi connectivity index (χ3v) is 5.55. The van der Waals surface area contributed by atoms with E-state index in [-0.39, 0.29) is 17.9 Å². The van der Waals surface area contributed by atoms with E-state index in [1.54, 1.807) is 0 Å². The lowest BCUT2D eigenvalue weighted by Gasteiger charge is -2.48. The number of aliphatic hydroxyl groups is 1. The van der Waals surface area contributed by atoms with E-state index in [2.05, 4.69) is 41.3 Å². The molecule has 1 atom stereocenters. The molecule has 4 nitrogen and oxygen atoms in total. The summed E-state index contributed by atoms with van der Waals surface area (Å²) in [5.74, 6) is 0.264. The summed E-state index contributed by atoms with van der Waals surface area (Å²) in [6.07, 6.45) is 9.24. The monoisotopic (exact) mass is 342 g/mol. The Morgan fingerprint density at radius 2 is 2.00 bits per heavy atom. The van der Waals surface area contributed by atoms with Gasteiger partial charge in [-0.25, -0.2) is 0 Å². The molecule has 0 saturated carbocycles. The third-order valence-electron chi connectivity index (χ3n) is 5.55. The first-order valence-corrected chi connectivity index (χ1v) is 9.53. The molecule has 0 aromatic heterocycles. The number of piperidine rings is 2. The normalized spacial score (nSPS) is 25.2. The maximum atomic E-state index is 12.2. The molecule has 4 heteroatoms. The number of carbonyl (C=O) groups excluding carboxylic acids is 1. The number of likely N-dealkylation sites (tertiary alicyclic amines) is 2. The number of aliphatic hydroxyl groups excluding tert-OH is 1. The van der Waals surface area contributed by atoms with Crippen molar-refractivity contribution in [2.45, 2.75) is 32.1 Å². The Kier molecular flexibility index (Phi) is 6.27. The SMILES string of the molecule is O=C1CC[C@]2(CCCN(C/C=C/c3ccccc3)C2)CN1CCCO. The molecule has 0 unspecified atom stereocenters. The Hall–Kier alpha value is -1.65. The van der Waals surface area contributed by atoms with Gasteiger partial charge in [-0.05, 0) is 37.8 Å². The fourth-order valence-electron chi connectivity index (χ4n) is 4.27. The molecule has 0 radical (unpaired) electrons. The van der Waals surface area contributed by atoms with E-state index in [0.29, 0.717) is 19.4 Å². The molecule has 1 N–H and O–H groups in total. The van der Waals surface area contributed by atoms with Crippen molar-refractivity contribution < 1.29 is 9.90 Å². The van der Waals surface area contributed by atoms with Gasteiger partial charge in [-0.3, -0.25) is 9.69 Å². The van der Waals surface area contributed by atoms with Crippen LogP contribution in [0.4, 0.5) is 0 Å². The Morgan fingerprint density at radius 1 is 1.16 bits per heavy atom. The van der Waals surface area contributed by atoms with Crippen LogP contribution in [-0.4, -0.2) is 60.1 Å². The zero-order chi connectivity index (χ0) is 17.5. The van der Waals surface area contributed by atoms with Crippen molar-refractivity contribution in [1.29, 1.82) is 0 Å². The molecule has 25 heavy (non-hydrogen) atoms. The van der Waals surface area contributed by atoms with E-state index in [4.69, 9.17) is 5.11 Å². The van der Waals surface area contributed by atoms with Crippen LogP contribution in [-0.2, 0) is 4.79 Å². The smallest absolute Gasteiger partial charge is 0.222 e. The van der Waals surface area contributed by atoms with Crippen LogP contribution in [0.3, 0.4) is 0 Å². The van der Waals surface area contributed by atoms with Crippen LogP contribution >= 0.6 is 0 Å². The van der Waals surface area contributed by atoms with Crippen LogP contribution < -0.4 is 0 Å². The van der Waals surface area contributed by atoms with Gasteiger partial charge in [0.15, 0.2) is 0 Å². The molecule has 1 spiro atoms. The van der Waals surface area contributed by atoms with E-state index in [9.17, 15) is 4.79 Å². The number of benzene rings is 1. The van der Waals surface area contributed by atoms with E-state index in [1.165, 1.54) is 18.4 Å². The number of amides is 1. The molecule has 3 rings (SSSR count). The van der Waals surface area contributed by atoms with Crippen LogP contribution in [0.5, 0.6) is 0 Å². The summed E-state index contributed by atoms with van der Waals surface area (Å²) >= 11 is 0. The first-order chi connectivity index (χ1) is 12.2. The number of rotatable bonds is 6.